The van der Waals surface area contributed by atoms with E-state index in [0.717, 1.165) is 0 Å². The van der Waals surface area contributed by atoms with Crippen LogP contribution in [0.4, 0.5) is 5.69 Å². The van der Waals surface area contributed by atoms with E-state index in [-0.39, 0.29) is 18.1 Å². The van der Waals surface area contributed by atoms with Crippen LogP contribution in [0.25, 0.3) is 0 Å². The third-order valence-corrected chi connectivity index (χ3v) is 5.28. The second kappa shape index (κ2) is 8.28. The number of ether oxygens (including phenoxy) is 2. The highest BCUT2D eigenvalue weighted by Crippen LogP contribution is 2.23. The van der Waals surface area contributed by atoms with Crippen LogP contribution in [0.2, 0.25) is 0 Å². The summed E-state index contributed by atoms with van der Waals surface area (Å²) in [5, 5.41) is 2.70. The Bertz CT molecular complexity index is 627. The van der Waals surface area contributed by atoms with Crippen LogP contribution in [-0.2, 0) is 19.6 Å². The number of morpholine rings is 1. The number of hydrogen-bond donors (Lipinski definition) is 1. The van der Waals surface area contributed by atoms with Crippen molar-refractivity contribution < 1.29 is 22.7 Å². The van der Waals surface area contributed by atoms with Gasteiger partial charge < -0.3 is 14.8 Å². The smallest absolute Gasteiger partial charge is 0.225 e. The molecule has 1 fully saturated rings. The molecule has 0 aliphatic carbocycles. The van der Waals surface area contributed by atoms with E-state index in [2.05, 4.69) is 5.32 Å². The molecule has 0 spiro atoms. The fraction of sp³-hybridized carbons (Fsp3) is 0.533. The number of hydrogen-bond acceptors (Lipinski definition) is 5. The van der Waals surface area contributed by atoms with Crippen molar-refractivity contribution in [1.29, 1.82) is 0 Å². The first-order chi connectivity index (χ1) is 11.0. The van der Waals surface area contributed by atoms with Gasteiger partial charge in [0, 0.05) is 19.5 Å². The lowest BCUT2D eigenvalue weighted by molar-refractivity contribution is -0.115. The molecule has 0 aromatic heterocycles. The minimum absolute atomic E-state index is 0.0971. The van der Waals surface area contributed by atoms with Crippen molar-refractivity contribution in [2.24, 2.45) is 0 Å². The van der Waals surface area contributed by atoms with Gasteiger partial charge in [-0.3, -0.25) is 4.79 Å². The lowest BCUT2D eigenvalue weighted by Crippen LogP contribution is -2.42. The Morgan fingerprint density at radius 1 is 1.30 bits per heavy atom. The molecule has 8 heteroatoms. The first-order valence-corrected chi connectivity index (χ1v) is 9.21. The minimum Gasteiger partial charge on any atom is -0.492 e. The minimum atomic E-state index is -3.43. The number of sulfonamides is 1. The number of rotatable bonds is 7. The van der Waals surface area contributed by atoms with E-state index in [1.54, 1.807) is 18.2 Å². The second-order valence-electron chi connectivity index (χ2n) is 5.05. The Balaban J connectivity index is 1.90. The van der Waals surface area contributed by atoms with Gasteiger partial charge in [-0.05, 0) is 19.1 Å². The maximum atomic E-state index is 12.2. The number of nitrogens with one attached hydrogen (secondary N) is 1. The van der Waals surface area contributed by atoms with Gasteiger partial charge in [0.1, 0.15) is 5.75 Å². The number of nitrogens with zero attached hydrogens (tertiary/aromatic N) is 1. The van der Waals surface area contributed by atoms with Crippen LogP contribution in [0, 0.1) is 0 Å². The van der Waals surface area contributed by atoms with Gasteiger partial charge >= 0.3 is 0 Å². The van der Waals surface area contributed by atoms with Gasteiger partial charge in [-0.1, -0.05) is 12.1 Å². The highest BCUT2D eigenvalue weighted by molar-refractivity contribution is 7.89. The zero-order valence-electron chi connectivity index (χ0n) is 13.2. The molecule has 0 atom stereocenters. The van der Waals surface area contributed by atoms with Crippen molar-refractivity contribution in [3.05, 3.63) is 24.3 Å². The average molecular weight is 342 g/mol. The zero-order chi connectivity index (χ0) is 16.7. The van der Waals surface area contributed by atoms with Crippen molar-refractivity contribution in [3.63, 3.8) is 0 Å². The summed E-state index contributed by atoms with van der Waals surface area (Å²) in [6.07, 6.45) is -0.0971. The molecule has 7 nitrogen and oxygen atoms in total. The summed E-state index contributed by atoms with van der Waals surface area (Å²) >= 11 is 0. The third-order valence-electron chi connectivity index (χ3n) is 3.41. The van der Waals surface area contributed by atoms with Crippen molar-refractivity contribution >= 4 is 21.6 Å². The average Bonchev–Trinajstić information content (AvgIpc) is 2.56. The van der Waals surface area contributed by atoms with Crippen molar-refractivity contribution in [3.8, 4) is 5.75 Å². The van der Waals surface area contributed by atoms with Crippen LogP contribution in [0.15, 0.2) is 24.3 Å². The maximum Gasteiger partial charge on any atom is 0.225 e. The molecule has 1 saturated heterocycles. The maximum absolute atomic E-state index is 12.2. The van der Waals surface area contributed by atoms with Crippen LogP contribution < -0.4 is 10.1 Å². The van der Waals surface area contributed by atoms with Crippen molar-refractivity contribution in [2.75, 3.05) is 44.0 Å². The standard InChI is InChI=1S/C15H22N2O5S/c1-2-22-14-6-4-3-5-13(14)16-15(18)7-12-23(19,20)17-8-10-21-11-9-17/h3-6H,2,7-12H2,1H3,(H,16,18). The van der Waals surface area contributed by atoms with Crippen LogP contribution in [0.3, 0.4) is 0 Å². The van der Waals surface area contributed by atoms with E-state index in [9.17, 15) is 13.2 Å². The van der Waals surface area contributed by atoms with Gasteiger partial charge in [-0.2, -0.15) is 4.31 Å². The molecule has 1 aromatic carbocycles. The first kappa shape index (κ1) is 17.7. The number of carbonyl (C=O) groups is 1. The van der Waals surface area contributed by atoms with Crippen LogP contribution in [-0.4, -0.2) is 57.3 Å². The SMILES string of the molecule is CCOc1ccccc1NC(=O)CCS(=O)(=O)N1CCOCC1. The molecule has 2 rings (SSSR count). The van der Waals surface area contributed by atoms with Crippen LogP contribution in [0.5, 0.6) is 5.75 Å². The first-order valence-electron chi connectivity index (χ1n) is 7.60. The molecule has 1 heterocycles. The van der Waals surface area contributed by atoms with Crippen molar-refractivity contribution in [2.45, 2.75) is 13.3 Å². The molecule has 0 bridgehead atoms. The zero-order valence-corrected chi connectivity index (χ0v) is 14.0. The molecule has 0 unspecified atom stereocenters. The van der Waals surface area contributed by atoms with Crippen molar-refractivity contribution in [1.82, 2.24) is 4.31 Å². The fourth-order valence-electron chi connectivity index (χ4n) is 2.24. The Labute approximate surface area is 136 Å². The number of carbonyl (C=O) groups excluding carboxylic acids is 1. The summed E-state index contributed by atoms with van der Waals surface area (Å²) in [6.45, 7) is 3.82. The molecule has 1 aliphatic rings. The quantitative estimate of drug-likeness (QED) is 0.801. The molecule has 0 saturated carbocycles. The number of benzene rings is 1. The lowest BCUT2D eigenvalue weighted by Gasteiger charge is -2.25. The van der Waals surface area contributed by atoms with Gasteiger partial charge in [0.25, 0.3) is 0 Å². The molecular weight excluding hydrogens is 320 g/mol. The molecule has 1 amide bonds. The number of anilines is 1. The molecule has 1 aromatic rings. The van der Waals surface area contributed by atoms with Gasteiger partial charge in [-0.25, -0.2) is 8.42 Å². The van der Waals surface area contributed by atoms with Gasteiger partial charge in [0.05, 0.1) is 31.3 Å². The van der Waals surface area contributed by atoms with E-state index in [4.69, 9.17) is 9.47 Å². The summed E-state index contributed by atoms with van der Waals surface area (Å²) in [5.41, 5.74) is 0.545. The summed E-state index contributed by atoms with van der Waals surface area (Å²) in [7, 11) is -3.43. The summed E-state index contributed by atoms with van der Waals surface area (Å²) in [4.78, 5) is 12.0. The molecule has 0 radical (unpaired) electrons. The van der Waals surface area contributed by atoms with Gasteiger partial charge in [0.2, 0.25) is 15.9 Å². The largest absolute Gasteiger partial charge is 0.492 e. The Morgan fingerprint density at radius 2 is 2.00 bits per heavy atom. The highest BCUT2D eigenvalue weighted by Gasteiger charge is 2.25. The third kappa shape index (κ3) is 5.19. The number of amides is 1. The molecular formula is C15H22N2O5S. The second-order valence-corrected chi connectivity index (χ2v) is 7.14. The molecule has 1 aliphatic heterocycles. The van der Waals surface area contributed by atoms with E-state index in [0.29, 0.717) is 44.3 Å². The predicted molar refractivity (Wildman–Crippen MR) is 87.0 cm³/mol. The van der Waals surface area contributed by atoms with Gasteiger partial charge in [0.15, 0.2) is 0 Å². The van der Waals surface area contributed by atoms with E-state index in [1.165, 1.54) is 4.31 Å². The van der Waals surface area contributed by atoms with E-state index < -0.39 is 10.0 Å². The molecule has 1 N–H and O–H groups in total. The Morgan fingerprint density at radius 3 is 2.70 bits per heavy atom. The lowest BCUT2D eigenvalue weighted by atomic mass is 10.3. The van der Waals surface area contributed by atoms with E-state index >= 15 is 0 Å². The highest BCUT2D eigenvalue weighted by atomic mass is 32.2. The molecule has 23 heavy (non-hydrogen) atoms. The monoisotopic (exact) mass is 342 g/mol. The van der Waals surface area contributed by atoms with Crippen LogP contribution >= 0.6 is 0 Å². The topological polar surface area (TPSA) is 84.9 Å². The Hall–Kier alpha value is -1.64. The van der Waals surface area contributed by atoms with Crippen LogP contribution in [0.1, 0.15) is 13.3 Å². The summed E-state index contributed by atoms with van der Waals surface area (Å²) in [6, 6.07) is 7.06. The summed E-state index contributed by atoms with van der Waals surface area (Å²) < 4.78 is 36.3. The predicted octanol–water partition coefficient (Wildman–Crippen LogP) is 1.08. The fourth-order valence-corrected chi connectivity index (χ4v) is 3.65. The normalized spacial score (nSPS) is 16.0. The van der Waals surface area contributed by atoms with E-state index in [1.807, 2.05) is 13.0 Å². The summed E-state index contributed by atoms with van der Waals surface area (Å²) in [5.74, 6) is 0.00342. The van der Waals surface area contributed by atoms with Gasteiger partial charge in [-0.15, -0.1) is 0 Å². The molecule has 128 valence electrons. The Kier molecular flexibility index (Phi) is 6.37. The number of para-hydroxylation sites is 2.